The zero-order valence-corrected chi connectivity index (χ0v) is 17.1. The largest absolute Gasteiger partial charge is 0.382 e. The zero-order chi connectivity index (χ0) is 22.1. The first-order valence-electron chi connectivity index (χ1n) is 9.40. The van der Waals surface area contributed by atoms with E-state index in [9.17, 15) is 13.6 Å². The second-order valence-corrected chi connectivity index (χ2v) is 7.68. The van der Waals surface area contributed by atoms with Gasteiger partial charge < -0.3 is 16.4 Å². The summed E-state index contributed by atoms with van der Waals surface area (Å²) >= 11 is 0. The van der Waals surface area contributed by atoms with Gasteiger partial charge in [-0.3, -0.25) is 9.36 Å². The van der Waals surface area contributed by atoms with Gasteiger partial charge in [0.2, 0.25) is 5.95 Å². The van der Waals surface area contributed by atoms with E-state index in [0.717, 1.165) is 13.8 Å². The van der Waals surface area contributed by atoms with Crippen molar-refractivity contribution in [3.05, 3.63) is 30.4 Å². The number of aromatic nitrogens is 5. The van der Waals surface area contributed by atoms with Crippen molar-refractivity contribution in [2.75, 3.05) is 17.6 Å². The molecule has 0 saturated carbocycles. The van der Waals surface area contributed by atoms with E-state index in [1.807, 2.05) is 13.8 Å². The molecule has 4 N–H and O–H groups in total. The average Bonchev–Trinajstić information content (AvgIpc) is 3.07. The van der Waals surface area contributed by atoms with Crippen LogP contribution in [0.15, 0.2) is 24.8 Å². The highest BCUT2D eigenvalue weighted by atomic mass is 19.2. The van der Waals surface area contributed by atoms with Gasteiger partial charge in [-0.1, -0.05) is 0 Å². The first-order valence-corrected chi connectivity index (χ1v) is 9.40. The number of nitrogens with one attached hydrogen (secondary N) is 2. The van der Waals surface area contributed by atoms with Crippen LogP contribution >= 0.6 is 0 Å². The van der Waals surface area contributed by atoms with Gasteiger partial charge in [0.1, 0.15) is 23.3 Å². The Labute approximate surface area is 172 Å². The van der Waals surface area contributed by atoms with Crippen molar-refractivity contribution in [1.82, 2.24) is 29.8 Å². The molecule has 0 aromatic carbocycles. The number of amides is 1. The van der Waals surface area contributed by atoms with E-state index in [0.29, 0.717) is 22.7 Å². The number of carbonyl (C=O) groups is 1. The lowest BCUT2D eigenvalue weighted by atomic mass is 10.1. The van der Waals surface area contributed by atoms with Gasteiger partial charge in [0.05, 0.1) is 24.0 Å². The third kappa shape index (κ3) is 4.61. The van der Waals surface area contributed by atoms with Gasteiger partial charge in [0, 0.05) is 18.3 Å². The van der Waals surface area contributed by atoms with Gasteiger partial charge >= 0.3 is 0 Å². The molecule has 0 radical (unpaired) electrons. The molecule has 11 heteroatoms. The molecule has 3 aromatic heterocycles. The van der Waals surface area contributed by atoms with E-state index in [1.54, 1.807) is 10.6 Å². The molecule has 3 aromatic rings. The minimum atomic E-state index is -2.05. The van der Waals surface area contributed by atoms with Crippen LogP contribution < -0.4 is 16.4 Å². The molecule has 0 bridgehead atoms. The Kier molecular flexibility index (Phi) is 5.81. The van der Waals surface area contributed by atoms with Gasteiger partial charge in [-0.15, -0.1) is 0 Å². The van der Waals surface area contributed by atoms with Gasteiger partial charge in [0.15, 0.2) is 11.8 Å². The third-order valence-corrected chi connectivity index (χ3v) is 4.32. The lowest BCUT2D eigenvalue weighted by Gasteiger charge is -2.20. The summed E-state index contributed by atoms with van der Waals surface area (Å²) in [4.78, 5) is 29.2. The predicted octanol–water partition coefficient (Wildman–Crippen LogP) is 2.43. The molecule has 3 rings (SSSR count). The van der Waals surface area contributed by atoms with E-state index in [1.165, 1.54) is 18.7 Å². The van der Waals surface area contributed by atoms with Crippen LogP contribution in [0, 0.1) is 0 Å². The fourth-order valence-electron chi connectivity index (χ4n) is 2.70. The minimum absolute atomic E-state index is 0.00278. The molecule has 0 aliphatic carbocycles. The van der Waals surface area contributed by atoms with E-state index in [-0.39, 0.29) is 17.6 Å². The summed E-state index contributed by atoms with van der Waals surface area (Å²) in [5.74, 6) is -0.0212. The van der Waals surface area contributed by atoms with Crippen molar-refractivity contribution in [3.63, 3.8) is 0 Å². The van der Waals surface area contributed by atoms with Crippen molar-refractivity contribution >= 4 is 28.7 Å². The second kappa shape index (κ2) is 8.17. The number of carbonyl (C=O) groups excluding carboxylic acids is 1. The molecule has 3 heterocycles. The maximum absolute atomic E-state index is 13.9. The highest BCUT2D eigenvalue weighted by Crippen LogP contribution is 2.22. The summed E-state index contributed by atoms with van der Waals surface area (Å²) in [6.45, 7) is 5.61. The van der Waals surface area contributed by atoms with Crippen LogP contribution in [-0.4, -0.2) is 54.8 Å². The van der Waals surface area contributed by atoms with Crippen molar-refractivity contribution in [1.29, 1.82) is 0 Å². The number of alkyl halides is 2. The second-order valence-electron chi connectivity index (χ2n) is 7.68. The number of pyridine rings is 1. The van der Waals surface area contributed by atoms with Gasteiger partial charge in [-0.25, -0.2) is 23.7 Å². The summed E-state index contributed by atoms with van der Waals surface area (Å²) in [5, 5.41) is 5.59. The number of imidazole rings is 1. The Hall–Kier alpha value is -3.37. The third-order valence-electron chi connectivity index (χ3n) is 4.32. The molecule has 0 aliphatic heterocycles. The molecule has 1 amide bonds. The van der Waals surface area contributed by atoms with Crippen molar-refractivity contribution in [2.45, 2.75) is 45.6 Å². The van der Waals surface area contributed by atoms with Gasteiger partial charge in [-0.2, -0.15) is 4.98 Å². The summed E-state index contributed by atoms with van der Waals surface area (Å²) < 4.78 is 29.2. The molecular formula is C19H24F2N8O. The number of nitrogens with zero attached hydrogens (tertiary/aromatic N) is 5. The Morgan fingerprint density at radius 2 is 2.00 bits per heavy atom. The van der Waals surface area contributed by atoms with Crippen molar-refractivity contribution in [3.8, 4) is 5.82 Å². The van der Waals surface area contributed by atoms with Crippen molar-refractivity contribution < 1.29 is 13.6 Å². The molecule has 0 spiro atoms. The number of fused-ring (bicyclic) bond motifs is 1. The van der Waals surface area contributed by atoms with Crippen LogP contribution in [0.25, 0.3) is 17.0 Å². The molecule has 0 fully saturated rings. The highest BCUT2D eigenvalue weighted by Gasteiger charge is 2.29. The first kappa shape index (κ1) is 21.3. The highest BCUT2D eigenvalue weighted by molar-refractivity contribution is 5.99. The zero-order valence-electron chi connectivity index (χ0n) is 17.1. The number of nitrogen functional groups attached to an aromatic ring is 1. The van der Waals surface area contributed by atoms with Gasteiger partial charge in [0.25, 0.3) is 5.91 Å². The number of halogens is 2. The molecule has 160 valence electrons. The number of hydrogen-bond donors (Lipinski definition) is 3. The summed E-state index contributed by atoms with van der Waals surface area (Å²) in [6.07, 6.45) is 2.55. The van der Waals surface area contributed by atoms with Crippen LogP contribution in [0.1, 0.15) is 38.1 Å². The number of anilines is 2. The van der Waals surface area contributed by atoms with E-state index >= 15 is 0 Å². The number of nitrogens with two attached hydrogens (primary N) is 1. The van der Waals surface area contributed by atoms with Crippen LogP contribution in [0.5, 0.6) is 0 Å². The first-order chi connectivity index (χ1) is 14.1. The molecule has 30 heavy (non-hydrogen) atoms. The number of hydrogen-bond acceptors (Lipinski definition) is 7. The maximum Gasteiger partial charge on any atom is 0.255 e. The molecule has 9 nitrogen and oxygen atoms in total. The molecular weight excluding hydrogens is 394 g/mol. The smallest absolute Gasteiger partial charge is 0.255 e. The summed E-state index contributed by atoms with van der Waals surface area (Å²) in [6, 6.07) is 1.66. The fourth-order valence-corrected chi connectivity index (χ4v) is 2.70. The Morgan fingerprint density at radius 3 is 2.67 bits per heavy atom. The standard InChI is InChI=1S/C19H24F2N8O/c1-10(2)27-12-5-15(29-9-26-13-7-25-18(22)28-16(13)29)23-6-11(12)17(30)24-8-14(20)19(3,4)21/h5-7,9-10,14H,8H2,1-4H3,(H,23,27)(H,24,30)(H2,22,25,28). The molecule has 0 aliphatic rings. The van der Waals surface area contributed by atoms with E-state index in [2.05, 4.69) is 30.6 Å². The fraction of sp³-hybridized carbons (Fsp3) is 0.421. The quantitative estimate of drug-likeness (QED) is 0.538. The van der Waals surface area contributed by atoms with Crippen LogP contribution in [0.4, 0.5) is 20.4 Å². The molecule has 0 saturated heterocycles. The summed E-state index contributed by atoms with van der Waals surface area (Å²) in [5.41, 5.74) is 5.30. The Bertz CT molecular complexity index is 1060. The lowest BCUT2D eigenvalue weighted by molar-refractivity contribution is 0.0759. The Morgan fingerprint density at radius 1 is 1.27 bits per heavy atom. The molecule has 1 atom stereocenters. The normalized spacial score (nSPS) is 12.9. The maximum atomic E-state index is 13.9. The number of rotatable bonds is 7. The van der Waals surface area contributed by atoms with Crippen LogP contribution in [0.2, 0.25) is 0 Å². The van der Waals surface area contributed by atoms with Gasteiger partial charge in [-0.05, 0) is 27.7 Å². The van der Waals surface area contributed by atoms with E-state index < -0.39 is 24.3 Å². The monoisotopic (exact) mass is 418 g/mol. The lowest BCUT2D eigenvalue weighted by Crippen LogP contribution is -2.39. The molecule has 1 unspecified atom stereocenters. The van der Waals surface area contributed by atoms with E-state index in [4.69, 9.17) is 5.73 Å². The SMILES string of the molecule is CC(C)Nc1cc(-n2cnc3cnc(N)nc32)ncc1C(=O)NCC(F)C(C)(C)F. The van der Waals surface area contributed by atoms with Crippen molar-refractivity contribution in [2.24, 2.45) is 0 Å². The summed E-state index contributed by atoms with van der Waals surface area (Å²) in [7, 11) is 0. The van der Waals surface area contributed by atoms with Crippen LogP contribution in [0.3, 0.4) is 0 Å². The Balaban J connectivity index is 1.93. The van der Waals surface area contributed by atoms with Crippen LogP contribution in [-0.2, 0) is 0 Å². The average molecular weight is 418 g/mol. The topological polar surface area (TPSA) is 124 Å². The minimum Gasteiger partial charge on any atom is -0.382 e. The predicted molar refractivity (Wildman–Crippen MR) is 110 cm³/mol.